The molecule has 0 saturated carbocycles. The van der Waals surface area contributed by atoms with Gasteiger partial charge in [0, 0.05) is 0 Å². The van der Waals surface area contributed by atoms with E-state index in [-0.39, 0.29) is 18.1 Å². The van der Waals surface area contributed by atoms with Crippen LogP contribution in [0.3, 0.4) is 0 Å². The molecule has 2 aromatic carbocycles. The van der Waals surface area contributed by atoms with Crippen LogP contribution >= 0.6 is 0 Å². The molecule has 0 aliphatic carbocycles. The van der Waals surface area contributed by atoms with Gasteiger partial charge in [-0.25, -0.2) is 4.79 Å². The largest absolute Gasteiger partial charge is 0.507 e. The molecule has 0 aliphatic heterocycles. The number of phenolic OH excluding ortho intramolecular Hbond substituents is 1. The number of para-hydroxylation sites is 2. The highest BCUT2D eigenvalue weighted by Crippen LogP contribution is 2.16. The molecule has 4 nitrogen and oxygen atoms in total. The summed E-state index contributed by atoms with van der Waals surface area (Å²) in [6.07, 6.45) is 0. The fourth-order valence-electron chi connectivity index (χ4n) is 1.39. The van der Waals surface area contributed by atoms with Crippen molar-refractivity contribution in [3.05, 3.63) is 60.2 Å². The standard InChI is InChI=1S/C14H12O4/c15-13-9-5-4-8-12(13)14(16)18-10-17-11-6-2-1-3-7-11/h1-9,15H,10H2. The summed E-state index contributed by atoms with van der Waals surface area (Å²) in [5.41, 5.74) is 0.120. The first-order chi connectivity index (χ1) is 8.77. The van der Waals surface area contributed by atoms with Crippen molar-refractivity contribution in [3.63, 3.8) is 0 Å². The van der Waals surface area contributed by atoms with Crippen molar-refractivity contribution >= 4 is 5.97 Å². The Bertz CT molecular complexity index is 522. The molecule has 0 aromatic heterocycles. The van der Waals surface area contributed by atoms with Gasteiger partial charge in [0.15, 0.2) is 0 Å². The molecule has 2 aromatic rings. The van der Waals surface area contributed by atoms with Crippen LogP contribution in [-0.2, 0) is 4.74 Å². The van der Waals surface area contributed by atoms with Gasteiger partial charge in [0.25, 0.3) is 0 Å². The van der Waals surface area contributed by atoms with E-state index in [0.29, 0.717) is 5.75 Å². The van der Waals surface area contributed by atoms with Crippen molar-refractivity contribution in [2.75, 3.05) is 6.79 Å². The smallest absolute Gasteiger partial charge is 0.344 e. The number of carbonyl (C=O) groups excluding carboxylic acids is 1. The third kappa shape index (κ3) is 3.01. The molecule has 0 amide bonds. The number of esters is 1. The molecule has 0 radical (unpaired) electrons. The molecular weight excluding hydrogens is 232 g/mol. The third-order valence-corrected chi connectivity index (χ3v) is 2.28. The SMILES string of the molecule is O=C(OCOc1ccccc1)c1ccccc1O. The second kappa shape index (κ2) is 5.72. The Kier molecular flexibility index (Phi) is 3.81. The maximum atomic E-state index is 11.6. The van der Waals surface area contributed by atoms with Crippen LogP contribution in [0, 0.1) is 0 Å². The minimum Gasteiger partial charge on any atom is -0.507 e. The van der Waals surface area contributed by atoms with Crippen molar-refractivity contribution < 1.29 is 19.4 Å². The summed E-state index contributed by atoms with van der Waals surface area (Å²) in [5, 5.41) is 9.46. The molecule has 0 fully saturated rings. The molecule has 4 heteroatoms. The molecule has 0 aliphatic rings. The zero-order valence-corrected chi connectivity index (χ0v) is 9.58. The van der Waals surface area contributed by atoms with Crippen LogP contribution in [0.5, 0.6) is 11.5 Å². The number of aromatic hydroxyl groups is 1. The maximum Gasteiger partial charge on any atom is 0.344 e. The van der Waals surface area contributed by atoms with Crippen molar-refractivity contribution in [3.8, 4) is 11.5 Å². The Hall–Kier alpha value is -2.49. The van der Waals surface area contributed by atoms with Crippen LogP contribution in [0.25, 0.3) is 0 Å². The van der Waals surface area contributed by atoms with Crippen LogP contribution in [0.4, 0.5) is 0 Å². The third-order valence-electron chi connectivity index (χ3n) is 2.28. The second-order valence-electron chi connectivity index (χ2n) is 3.52. The lowest BCUT2D eigenvalue weighted by Crippen LogP contribution is -2.10. The lowest BCUT2D eigenvalue weighted by molar-refractivity contribution is 0.0151. The predicted octanol–water partition coefficient (Wildman–Crippen LogP) is 2.59. The molecule has 0 atom stereocenters. The summed E-state index contributed by atoms with van der Waals surface area (Å²) >= 11 is 0. The predicted molar refractivity (Wildman–Crippen MR) is 65.5 cm³/mol. The van der Waals surface area contributed by atoms with Gasteiger partial charge in [-0.1, -0.05) is 30.3 Å². The highest BCUT2D eigenvalue weighted by molar-refractivity contribution is 5.92. The molecule has 0 saturated heterocycles. The van der Waals surface area contributed by atoms with Crippen LogP contribution in [0.15, 0.2) is 54.6 Å². The van der Waals surface area contributed by atoms with Gasteiger partial charge in [-0.05, 0) is 24.3 Å². The lowest BCUT2D eigenvalue weighted by Gasteiger charge is -2.07. The lowest BCUT2D eigenvalue weighted by atomic mass is 10.2. The van der Waals surface area contributed by atoms with E-state index in [1.54, 1.807) is 24.3 Å². The van der Waals surface area contributed by atoms with Crippen LogP contribution < -0.4 is 4.74 Å². The number of hydrogen-bond acceptors (Lipinski definition) is 4. The van der Waals surface area contributed by atoms with Gasteiger partial charge in [0.05, 0.1) is 0 Å². The van der Waals surface area contributed by atoms with Crippen molar-refractivity contribution in [1.29, 1.82) is 0 Å². The van der Waals surface area contributed by atoms with E-state index in [2.05, 4.69) is 0 Å². The normalized spacial score (nSPS) is 9.78. The number of phenols is 1. The van der Waals surface area contributed by atoms with Crippen LogP contribution in [0.2, 0.25) is 0 Å². The fourth-order valence-corrected chi connectivity index (χ4v) is 1.39. The highest BCUT2D eigenvalue weighted by Gasteiger charge is 2.11. The minimum absolute atomic E-state index is 0.109. The molecule has 0 spiro atoms. The zero-order valence-electron chi connectivity index (χ0n) is 9.58. The van der Waals surface area contributed by atoms with Gasteiger partial charge >= 0.3 is 5.97 Å². The van der Waals surface area contributed by atoms with E-state index in [1.807, 2.05) is 18.2 Å². The summed E-state index contributed by atoms with van der Waals surface area (Å²) in [7, 11) is 0. The number of hydrogen-bond donors (Lipinski definition) is 1. The molecule has 0 bridgehead atoms. The molecule has 1 N–H and O–H groups in total. The number of benzene rings is 2. The second-order valence-corrected chi connectivity index (χ2v) is 3.52. The molecule has 92 valence electrons. The van der Waals surface area contributed by atoms with E-state index < -0.39 is 5.97 Å². The van der Waals surface area contributed by atoms with Crippen molar-refractivity contribution in [2.24, 2.45) is 0 Å². The summed E-state index contributed by atoms with van der Waals surface area (Å²) in [4.78, 5) is 11.6. The van der Waals surface area contributed by atoms with Gasteiger partial charge in [0.1, 0.15) is 17.1 Å². The molecular formula is C14H12O4. The Morgan fingerprint density at radius 3 is 2.39 bits per heavy atom. The summed E-state index contributed by atoms with van der Waals surface area (Å²) in [5.74, 6) is -0.117. The van der Waals surface area contributed by atoms with Gasteiger partial charge < -0.3 is 14.6 Å². The Balaban J connectivity index is 1.88. The zero-order chi connectivity index (χ0) is 12.8. The summed E-state index contributed by atoms with van der Waals surface area (Å²) in [6, 6.07) is 15.2. The Morgan fingerprint density at radius 1 is 1.00 bits per heavy atom. The number of carbonyl (C=O) groups is 1. The van der Waals surface area contributed by atoms with E-state index in [1.165, 1.54) is 12.1 Å². The van der Waals surface area contributed by atoms with Crippen molar-refractivity contribution in [2.45, 2.75) is 0 Å². The number of ether oxygens (including phenoxy) is 2. The molecule has 0 heterocycles. The molecule has 0 unspecified atom stereocenters. The summed E-state index contributed by atoms with van der Waals surface area (Å²) < 4.78 is 10.1. The van der Waals surface area contributed by atoms with E-state index >= 15 is 0 Å². The highest BCUT2D eigenvalue weighted by atomic mass is 16.7. The summed E-state index contributed by atoms with van der Waals surface area (Å²) in [6.45, 7) is -0.197. The van der Waals surface area contributed by atoms with Gasteiger partial charge in [-0.3, -0.25) is 0 Å². The van der Waals surface area contributed by atoms with Gasteiger partial charge in [0.2, 0.25) is 6.79 Å². The van der Waals surface area contributed by atoms with E-state index in [0.717, 1.165) is 0 Å². The average Bonchev–Trinajstić information content (AvgIpc) is 2.40. The average molecular weight is 244 g/mol. The molecule has 18 heavy (non-hydrogen) atoms. The van der Waals surface area contributed by atoms with Crippen molar-refractivity contribution in [1.82, 2.24) is 0 Å². The fraction of sp³-hybridized carbons (Fsp3) is 0.0714. The number of rotatable bonds is 4. The Labute approximate surface area is 104 Å². The van der Waals surface area contributed by atoms with Gasteiger partial charge in [-0.15, -0.1) is 0 Å². The Morgan fingerprint density at radius 2 is 1.67 bits per heavy atom. The van der Waals surface area contributed by atoms with Crippen LogP contribution in [0.1, 0.15) is 10.4 Å². The first kappa shape index (κ1) is 12.0. The van der Waals surface area contributed by atoms with E-state index in [4.69, 9.17) is 9.47 Å². The maximum absolute atomic E-state index is 11.6. The van der Waals surface area contributed by atoms with Crippen LogP contribution in [-0.4, -0.2) is 17.9 Å². The van der Waals surface area contributed by atoms with Gasteiger partial charge in [-0.2, -0.15) is 0 Å². The quantitative estimate of drug-likeness (QED) is 0.663. The molecule has 2 rings (SSSR count). The monoisotopic (exact) mass is 244 g/mol. The first-order valence-electron chi connectivity index (χ1n) is 5.40. The topological polar surface area (TPSA) is 55.8 Å². The van der Waals surface area contributed by atoms with E-state index in [9.17, 15) is 9.90 Å². The first-order valence-corrected chi connectivity index (χ1v) is 5.40. The minimum atomic E-state index is -0.621.